The van der Waals surface area contributed by atoms with Gasteiger partial charge in [0.1, 0.15) is 11.5 Å². The van der Waals surface area contributed by atoms with Crippen LogP contribution in [-0.4, -0.2) is 33.1 Å². The lowest BCUT2D eigenvalue weighted by Crippen LogP contribution is -2.33. The number of likely N-dealkylation sites (N-methyl/N-ethyl adjacent to an activating group) is 1. The molecule has 0 heterocycles. The molecular weight excluding hydrogens is 218 g/mol. The number of hydrogen-bond acceptors (Lipinski definition) is 4. The van der Waals surface area contributed by atoms with Crippen LogP contribution in [0.4, 0.5) is 0 Å². The van der Waals surface area contributed by atoms with Crippen LogP contribution in [-0.2, 0) is 0 Å². The molecule has 0 spiro atoms. The van der Waals surface area contributed by atoms with Crippen molar-refractivity contribution in [2.24, 2.45) is 0 Å². The van der Waals surface area contributed by atoms with E-state index in [1.807, 2.05) is 6.92 Å². The minimum absolute atomic E-state index is 0.0366. The van der Waals surface area contributed by atoms with Gasteiger partial charge in [0.05, 0.1) is 25.8 Å². The summed E-state index contributed by atoms with van der Waals surface area (Å²) < 4.78 is 10.3. The maximum Gasteiger partial charge on any atom is 0.183 e. The number of methoxy groups -OCH3 is 2. The Morgan fingerprint density at radius 1 is 1.35 bits per heavy atom. The number of nitrogens with one attached hydrogen (secondary N) is 1. The Labute approximate surface area is 102 Å². The molecule has 94 valence electrons. The fraction of sp³-hybridized carbons (Fsp3) is 0.462. The van der Waals surface area contributed by atoms with Crippen molar-refractivity contribution >= 4 is 5.78 Å². The van der Waals surface area contributed by atoms with Crippen LogP contribution in [0.5, 0.6) is 11.5 Å². The first-order valence-corrected chi connectivity index (χ1v) is 5.61. The maximum atomic E-state index is 12.2. The second-order valence-electron chi connectivity index (χ2n) is 3.68. The highest BCUT2D eigenvalue weighted by molar-refractivity contribution is 6.02. The highest BCUT2D eigenvalue weighted by Crippen LogP contribution is 2.25. The minimum atomic E-state index is -0.183. The van der Waals surface area contributed by atoms with Gasteiger partial charge in [0.25, 0.3) is 0 Å². The van der Waals surface area contributed by atoms with Gasteiger partial charge in [-0.3, -0.25) is 4.79 Å². The molecule has 0 saturated heterocycles. The molecule has 1 aromatic carbocycles. The zero-order valence-electron chi connectivity index (χ0n) is 10.7. The number of ketones is 1. The van der Waals surface area contributed by atoms with E-state index in [9.17, 15) is 4.79 Å². The van der Waals surface area contributed by atoms with E-state index in [1.54, 1.807) is 39.5 Å². The van der Waals surface area contributed by atoms with Crippen LogP contribution in [0, 0.1) is 0 Å². The molecule has 0 saturated carbocycles. The summed E-state index contributed by atoms with van der Waals surface area (Å²) in [6.45, 7) is 1.97. The molecule has 4 heteroatoms. The lowest BCUT2D eigenvalue weighted by atomic mass is 10.0. The van der Waals surface area contributed by atoms with Gasteiger partial charge in [-0.2, -0.15) is 0 Å². The molecule has 1 aromatic rings. The molecule has 0 radical (unpaired) electrons. The van der Waals surface area contributed by atoms with E-state index in [4.69, 9.17) is 9.47 Å². The molecule has 0 bridgehead atoms. The van der Waals surface area contributed by atoms with Crippen LogP contribution in [0.15, 0.2) is 18.2 Å². The van der Waals surface area contributed by atoms with Crippen molar-refractivity contribution in [3.8, 4) is 11.5 Å². The summed E-state index contributed by atoms with van der Waals surface area (Å²) in [5.41, 5.74) is 0.578. The molecule has 0 fully saturated rings. The topological polar surface area (TPSA) is 47.6 Å². The van der Waals surface area contributed by atoms with Gasteiger partial charge in [0.15, 0.2) is 5.78 Å². The van der Waals surface area contributed by atoms with Crippen molar-refractivity contribution in [3.63, 3.8) is 0 Å². The van der Waals surface area contributed by atoms with Gasteiger partial charge in [0, 0.05) is 6.07 Å². The Balaban J connectivity index is 3.08. The van der Waals surface area contributed by atoms with Gasteiger partial charge in [-0.15, -0.1) is 0 Å². The fourth-order valence-electron chi connectivity index (χ4n) is 1.71. The summed E-state index contributed by atoms with van der Waals surface area (Å²) in [6.07, 6.45) is 0.741. The first-order chi connectivity index (χ1) is 8.17. The fourth-order valence-corrected chi connectivity index (χ4v) is 1.71. The lowest BCUT2D eigenvalue weighted by Gasteiger charge is -2.15. The second-order valence-corrected chi connectivity index (χ2v) is 3.68. The monoisotopic (exact) mass is 237 g/mol. The largest absolute Gasteiger partial charge is 0.497 e. The molecule has 0 amide bonds. The molecule has 0 aliphatic heterocycles. The first kappa shape index (κ1) is 13.5. The molecule has 17 heavy (non-hydrogen) atoms. The number of rotatable bonds is 6. The zero-order valence-corrected chi connectivity index (χ0v) is 10.7. The zero-order chi connectivity index (χ0) is 12.8. The molecule has 1 N–H and O–H groups in total. The third-order valence-corrected chi connectivity index (χ3v) is 2.75. The molecule has 0 aliphatic carbocycles. The van der Waals surface area contributed by atoms with Gasteiger partial charge in [-0.25, -0.2) is 0 Å². The van der Waals surface area contributed by atoms with Crippen LogP contribution < -0.4 is 14.8 Å². The Morgan fingerprint density at radius 2 is 2.06 bits per heavy atom. The number of ether oxygens (including phenoxy) is 2. The summed E-state index contributed by atoms with van der Waals surface area (Å²) in [5.74, 6) is 1.26. The van der Waals surface area contributed by atoms with Crippen LogP contribution in [0.2, 0.25) is 0 Å². The highest BCUT2D eigenvalue weighted by atomic mass is 16.5. The Bertz CT molecular complexity index is 386. The normalized spacial score (nSPS) is 12.0. The Hall–Kier alpha value is -1.55. The van der Waals surface area contributed by atoms with E-state index < -0.39 is 0 Å². The first-order valence-electron chi connectivity index (χ1n) is 5.61. The highest BCUT2D eigenvalue weighted by Gasteiger charge is 2.20. The minimum Gasteiger partial charge on any atom is -0.497 e. The van der Waals surface area contributed by atoms with E-state index in [1.165, 1.54) is 0 Å². The van der Waals surface area contributed by atoms with Crippen molar-refractivity contribution in [2.45, 2.75) is 19.4 Å². The van der Waals surface area contributed by atoms with Crippen molar-refractivity contribution in [3.05, 3.63) is 23.8 Å². The predicted molar refractivity (Wildman–Crippen MR) is 67.0 cm³/mol. The summed E-state index contributed by atoms with van der Waals surface area (Å²) in [6, 6.07) is 5.03. The summed E-state index contributed by atoms with van der Waals surface area (Å²) >= 11 is 0. The molecule has 0 aliphatic rings. The quantitative estimate of drug-likeness (QED) is 0.767. The van der Waals surface area contributed by atoms with Crippen LogP contribution in [0.1, 0.15) is 23.7 Å². The molecule has 1 atom stereocenters. The molecule has 0 aromatic heterocycles. The molecule has 1 unspecified atom stereocenters. The smallest absolute Gasteiger partial charge is 0.183 e. The predicted octanol–water partition coefficient (Wildman–Crippen LogP) is 1.88. The number of Topliss-reactive ketones (excluding diaryl/α,β-unsaturated/α-hetero) is 1. The lowest BCUT2D eigenvalue weighted by molar-refractivity contribution is 0.0942. The molecule has 1 rings (SSSR count). The van der Waals surface area contributed by atoms with Crippen molar-refractivity contribution in [1.82, 2.24) is 5.32 Å². The van der Waals surface area contributed by atoms with Crippen LogP contribution in [0.3, 0.4) is 0 Å². The van der Waals surface area contributed by atoms with E-state index in [0.29, 0.717) is 17.1 Å². The molecule has 4 nitrogen and oxygen atoms in total. The standard InChI is InChI=1S/C13H19NO3/c1-5-11(14-2)13(15)10-7-6-9(16-3)8-12(10)17-4/h6-8,11,14H,5H2,1-4H3. The van der Waals surface area contributed by atoms with E-state index in [0.717, 1.165) is 6.42 Å². The van der Waals surface area contributed by atoms with Crippen molar-refractivity contribution in [2.75, 3.05) is 21.3 Å². The van der Waals surface area contributed by atoms with Crippen LogP contribution in [0.25, 0.3) is 0 Å². The second kappa shape index (κ2) is 6.25. The number of carbonyl (C=O) groups is 1. The Morgan fingerprint density at radius 3 is 2.53 bits per heavy atom. The number of carbonyl (C=O) groups excluding carboxylic acids is 1. The third-order valence-electron chi connectivity index (χ3n) is 2.75. The number of hydrogen-bond donors (Lipinski definition) is 1. The van der Waals surface area contributed by atoms with Gasteiger partial charge < -0.3 is 14.8 Å². The van der Waals surface area contributed by atoms with E-state index in [-0.39, 0.29) is 11.8 Å². The van der Waals surface area contributed by atoms with Gasteiger partial charge >= 0.3 is 0 Å². The van der Waals surface area contributed by atoms with Gasteiger partial charge in [-0.1, -0.05) is 6.92 Å². The number of benzene rings is 1. The van der Waals surface area contributed by atoms with Crippen molar-refractivity contribution in [1.29, 1.82) is 0 Å². The maximum absolute atomic E-state index is 12.2. The average Bonchev–Trinajstić information content (AvgIpc) is 2.39. The van der Waals surface area contributed by atoms with E-state index in [2.05, 4.69) is 5.32 Å². The van der Waals surface area contributed by atoms with Crippen LogP contribution >= 0.6 is 0 Å². The SMILES string of the molecule is CCC(NC)C(=O)c1ccc(OC)cc1OC. The van der Waals surface area contributed by atoms with Crippen molar-refractivity contribution < 1.29 is 14.3 Å². The average molecular weight is 237 g/mol. The summed E-state index contributed by atoms with van der Waals surface area (Å²) in [5, 5.41) is 2.99. The van der Waals surface area contributed by atoms with Gasteiger partial charge in [0.2, 0.25) is 0 Å². The summed E-state index contributed by atoms with van der Waals surface area (Å²) in [7, 11) is 4.91. The summed E-state index contributed by atoms with van der Waals surface area (Å²) in [4.78, 5) is 12.2. The van der Waals surface area contributed by atoms with E-state index >= 15 is 0 Å². The van der Waals surface area contributed by atoms with Gasteiger partial charge in [-0.05, 0) is 25.6 Å². The molecular formula is C13H19NO3. The Kier molecular flexibility index (Phi) is 4.97. The third kappa shape index (κ3) is 2.97.